The number of hydrogen-bond donors (Lipinski definition) is 0. The van der Waals surface area contributed by atoms with Crippen molar-refractivity contribution in [2.24, 2.45) is 0 Å². The number of nitrogens with zero attached hydrogens (tertiary/aromatic N) is 4. The highest BCUT2D eigenvalue weighted by molar-refractivity contribution is 7.14. The van der Waals surface area contributed by atoms with Crippen molar-refractivity contribution in [3.63, 3.8) is 0 Å². The van der Waals surface area contributed by atoms with Gasteiger partial charge in [0.05, 0.1) is 22.7 Å². The fourth-order valence-electron chi connectivity index (χ4n) is 3.15. The van der Waals surface area contributed by atoms with Crippen LogP contribution in [-0.2, 0) is 27.4 Å². The van der Waals surface area contributed by atoms with Gasteiger partial charge in [0.15, 0.2) is 5.13 Å². The lowest BCUT2D eigenvalue weighted by molar-refractivity contribution is -0.145. The van der Waals surface area contributed by atoms with E-state index in [4.69, 9.17) is 9.26 Å². The fraction of sp³-hybridized carbons (Fsp3) is 0.261. The first-order valence-corrected chi connectivity index (χ1v) is 12.0. The number of benzene rings is 1. The molecule has 0 atom stereocenters. The molecule has 0 saturated carbocycles. The molecular weight excluding hydrogens is 460 g/mol. The molecule has 33 heavy (non-hydrogen) atoms. The molecule has 0 unspecified atom stereocenters. The number of ether oxygens (including phenoxy) is 1. The third-order valence-electron chi connectivity index (χ3n) is 5.00. The van der Waals surface area contributed by atoms with E-state index < -0.39 is 5.97 Å². The van der Waals surface area contributed by atoms with Crippen LogP contribution in [0.1, 0.15) is 36.1 Å². The van der Waals surface area contributed by atoms with Gasteiger partial charge in [-0.15, -0.1) is 22.7 Å². The number of rotatable bonds is 8. The minimum absolute atomic E-state index is 0.0259. The van der Waals surface area contributed by atoms with Gasteiger partial charge in [-0.3, -0.25) is 14.5 Å². The van der Waals surface area contributed by atoms with E-state index >= 15 is 0 Å². The van der Waals surface area contributed by atoms with Crippen LogP contribution < -0.4 is 4.90 Å². The molecule has 10 heteroatoms. The summed E-state index contributed by atoms with van der Waals surface area (Å²) in [7, 11) is 0. The second kappa shape index (κ2) is 10.1. The predicted octanol–water partition coefficient (Wildman–Crippen LogP) is 5.23. The second-order valence-electron chi connectivity index (χ2n) is 7.34. The van der Waals surface area contributed by atoms with Gasteiger partial charge in [0.1, 0.15) is 6.61 Å². The normalized spacial score (nSPS) is 10.9. The Morgan fingerprint density at radius 1 is 1.12 bits per heavy atom. The summed E-state index contributed by atoms with van der Waals surface area (Å²) in [6.45, 7) is 5.51. The van der Waals surface area contributed by atoms with Gasteiger partial charge in [-0.1, -0.05) is 23.4 Å². The predicted molar refractivity (Wildman–Crippen MR) is 127 cm³/mol. The van der Waals surface area contributed by atoms with Gasteiger partial charge in [-0.25, -0.2) is 4.98 Å². The Bertz CT molecular complexity index is 1260. The quantitative estimate of drug-likeness (QED) is 0.317. The summed E-state index contributed by atoms with van der Waals surface area (Å²) >= 11 is 2.85. The summed E-state index contributed by atoms with van der Waals surface area (Å²) in [6, 6.07) is 9.63. The smallest absolute Gasteiger partial charge is 0.306 e. The molecule has 3 aromatic heterocycles. The first-order valence-electron chi connectivity index (χ1n) is 10.3. The van der Waals surface area contributed by atoms with Crippen LogP contribution in [0.15, 0.2) is 45.6 Å². The second-order valence-corrected chi connectivity index (χ2v) is 9.13. The zero-order valence-electron chi connectivity index (χ0n) is 18.4. The van der Waals surface area contributed by atoms with Crippen LogP contribution in [0.5, 0.6) is 0 Å². The van der Waals surface area contributed by atoms with E-state index in [2.05, 4.69) is 15.1 Å². The molecule has 0 fully saturated rings. The van der Waals surface area contributed by atoms with E-state index in [1.807, 2.05) is 49.6 Å². The molecule has 0 bridgehead atoms. The minimum atomic E-state index is -0.390. The summed E-state index contributed by atoms with van der Waals surface area (Å²) in [6.07, 6.45) is 0.412. The van der Waals surface area contributed by atoms with Crippen molar-refractivity contribution in [1.82, 2.24) is 15.1 Å². The molecule has 4 rings (SSSR count). The van der Waals surface area contributed by atoms with Gasteiger partial charge in [-0.05, 0) is 42.5 Å². The van der Waals surface area contributed by atoms with Gasteiger partial charge >= 0.3 is 5.97 Å². The molecule has 8 nitrogen and oxygen atoms in total. The van der Waals surface area contributed by atoms with Gasteiger partial charge in [0, 0.05) is 18.7 Å². The number of aromatic nitrogens is 3. The Labute approximate surface area is 198 Å². The molecule has 0 spiro atoms. The molecule has 0 saturated heterocycles. The van der Waals surface area contributed by atoms with Crippen LogP contribution in [0.2, 0.25) is 0 Å². The zero-order valence-corrected chi connectivity index (χ0v) is 20.0. The summed E-state index contributed by atoms with van der Waals surface area (Å²) < 4.78 is 10.5. The SMILES string of the molecule is CC(=O)N(c1nc(COC(=O)CCc2nc(-c3cccs3)no2)cs1)c1cccc(C)c1C. The number of esters is 1. The highest BCUT2D eigenvalue weighted by Gasteiger charge is 2.20. The lowest BCUT2D eigenvalue weighted by Crippen LogP contribution is -2.23. The van der Waals surface area contributed by atoms with Crippen LogP contribution in [0.3, 0.4) is 0 Å². The van der Waals surface area contributed by atoms with Crippen molar-refractivity contribution in [2.45, 2.75) is 40.2 Å². The van der Waals surface area contributed by atoms with Crippen LogP contribution in [0, 0.1) is 13.8 Å². The van der Waals surface area contributed by atoms with Crippen LogP contribution >= 0.6 is 22.7 Å². The monoisotopic (exact) mass is 482 g/mol. The van der Waals surface area contributed by atoms with E-state index in [9.17, 15) is 9.59 Å². The Morgan fingerprint density at radius 3 is 2.73 bits per heavy atom. The number of amides is 1. The molecule has 0 radical (unpaired) electrons. The zero-order chi connectivity index (χ0) is 23.4. The summed E-state index contributed by atoms with van der Waals surface area (Å²) in [4.78, 5) is 35.8. The Balaban J connectivity index is 1.34. The van der Waals surface area contributed by atoms with Crippen molar-refractivity contribution in [3.8, 4) is 10.7 Å². The lowest BCUT2D eigenvalue weighted by atomic mass is 10.1. The third-order valence-corrected chi connectivity index (χ3v) is 6.74. The molecule has 0 aliphatic heterocycles. The fourth-order valence-corrected chi connectivity index (χ4v) is 4.66. The van der Waals surface area contributed by atoms with E-state index in [1.54, 1.807) is 10.3 Å². The Hall–Kier alpha value is -3.37. The standard InChI is InChI=1S/C23H22N4O4S2/c1-14-6-4-7-18(15(14)2)27(16(3)28)23-24-17(13-33-23)12-30-21(29)10-9-20-25-22(26-31-20)19-8-5-11-32-19/h4-8,11,13H,9-10,12H2,1-3H3. The van der Waals surface area contributed by atoms with Crippen molar-refractivity contribution < 1.29 is 18.8 Å². The number of carbonyl (C=O) groups is 2. The molecule has 170 valence electrons. The number of thiazole rings is 1. The van der Waals surface area contributed by atoms with Gasteiger partial charge in [0.25, 0.3) is 0 Å². The van der Waals surface area contributed by atoms with E-state index in [0.29, 0.717) is 29.0 Å². The minimum Gasteiger partial charge on any atom is -0.459 e. The molecule has 0 N–H and O–H groups in total. The van der Waals surface area contributed by atoms with Gasteiger partial charge in [-0.2, -0.15) is 4.98 Å². The Kier molecular flexibility index (Phi) is 6.95. The highest BCUT2D eigenvalue weighted by Crippen LogP contribution is 2.32. The van der Waals surface area contributed by atoms with E-state index in [0.717, 1.165) is 21.7 Å². The summed E-state index contributed by atoms with van der Waals surface area (Å²) in [5, 5.41) is 8.19. The van der Waals surface area contributed by atoms with E-state index in [-0.39, 0.29) is 18.9 Å². The van der Waals surface area contributed by atoms with Crippen molar-refractivity contribution in [1.29, 1.82) is 0 Å². The van der Waals surface area contributed by atoms with Crippen LogP contribution in [0.4, 0.5) is 10.8 Å². The first kappa shape index (κ1) is 22.8. The molecule has 0 aliphatic rings. The average molecular weight is 483 g/mol. The maximum absolute atomic E-state index is 12.4. The third kappa shape index (κ3) is 5.35. The molecular formula is C23H22N4O4S2. The topological polar surface area (TPSA) is 98.4 Å². The number of thiophene rings is 1. The number of anilines is 2. The number of aryl methyl sites for hydroxylation is 2. The maximum atomic E-state index is 12.4. The molecule has 1 aromatic carbocycles. The number of carbonyl (C=O) groups excluding carboxylic acids is 2. The Morgan fingerprint density at radius 2 is 1.97 bits per heavy atom. The van der Waals surface area contributed by atoms with Crippen molar-refractivity contribution >= 4 is 45.4 Å². The molecule has 0 aliphatic carbocycles. The van der Waals surface area contributed by atoms with E-state index in [1.165, 1.54) is 29.6 Å². The first-order chi connectivity index (χ1) is 15.9. The van der Waals surface area contributed by atoms with Crippen molar-refractivity contribution in [3.05, 3.63) is 63.8 Å². The average Bonchev–Trinajstić information content (AvgIpc) is 3.55. The highest BCUT2D eigenvalue weighted by atomic mass is 32.1. The largest absolute Gasteiger partial charge is 0.459 e. The lowest BCUT2D eigenvalue weighted by Gasteiger charge is -2.21. The summed E-state index contributed by atoms with van der Waals surface area (Å²) in [5.74, 6) is 0.376. The van der Waals surface area contributed by atoms with Crippen LogP contribution in [-0.4, -0.2) is 27.0 Å². The van der Waals surface area contributed by atoms with Gasteiger partial charge < -0.3 is 9.26 Å². The van der Waals surface area contributed by atoms with Crippen LogP contribution in [0.25, 0.3) is 10.7 Å². The number of hydrogen-bond acceptors (Lipinski definition) is 9. The molecule has 1 amide bonds. The van der Waals surface area contributed by atoms with Gasteiger partial charge in [0.2, 0.25) is 17.6 Å². The maximum Gasteiger partial charge on any atom is 0.306 e. The van der Waals surface area contributed by atoms with Crippen molar-refractivity contribution in [2.75, 3.05) is 4.90 Å². The summed E-state index contributed by atoms with van der Waals surface area (Å²) in [5.41, 5.74) is 3.48. The molecule has 4 aromatic rings. The molecule has 3 heterocycles.